The van der Waals surface area contributed by atoms with Crippen molar-refractivity contribution in [3.63, 3.8) is 0 Å². The van der Waals surface area contributed by atoms with E-state index < -0.39 is 11.5 Å². The molecule has 6 heteroatoms. The fraction of sp³-hybridized carbons (Fsp3) is 0.500. The molecule has 22 heavy (non-hydrogen) atoms. The van der Waals surface area contributed by atoms with Crippen molar-refractivity contribution in [3.05, 3.63) is 29.3 Å². The SMILES string of the molecule is COCC(C)(CC(=O)O)NC(=O)CSc1cc(C)ccc1C. The maximum atomic E-state index is 12.1. The lowest BCUT2D eigenvalue weighted by molar-refractivity contribution is -0.139. The van der Waals surface area contributed by atoms with E-state index >= 15 is 0 Å². The van der Waals surface area contributed by atoms with Crippen LogP contribution in [-0.2, 0) is 14.3 Å². The Morgan fingerprint density at radius 1 is 1.36 bits per heavy atom. The molecule has 0 saturated heterocycles. The number of aliphatic carboxylic acids is 1. The number of carboxylic acid groups (broad SMARTS) is 1. The van der Waals surface area contributed by atoms with Crippen LogP contribution in [0.25, 0.3) is 0 Å². The molecule has 0 heterocycles. The Bertz CT molecular complexity index is 547. The van der Waals surface area contributed by atoms with Crippen LogP contribution in [0.4, 0.5) is 0 Å². The van der Waals surface area contributed by atoms with Crippen LogP contribution < -0.4 is 5.32 Å². The average Bonchev–Trinajstić information content (AvgIpc) is 2.38. The number of hydrogen-bond acceptors (Lipinski definition) is 4. The van der Waals surface area contributed by atoms with Gasteiger partial charge in [0.1, 0.15) is 0 Å². The first-order chi connectivity index (χ1) is 10.3. The van der Waals surface area contributed by atoms with Crippen LogP contribution in [0.2, 0.25) is 0 Å². The van der Waals surface area contributed by atoms with Crippen molar-refractivity contribution in [1.82, 2.24) is 5.32 Å². The number of nitrogens with one attached hydrogen (secondary N) is 1. The molecule has 1 unspecified atom stereocenters. The zero-order valence-electron chi connectivity index (χ0n) is 13.4. The maximum absolute atomic E-state index is 12.1. The highest BCUT2D eigenvalue weighted by molar-refractivity contribution is 8.00. The van der Waals surface area contributed by atoms with Gasteiger partial charge in [-0.05, 0) is 32.4 Å². The Kier molecular flexibility index (Phi) is 6.90. The quantitative estimate of drug-likeness (QED) is 0.718. The van der Waals surface area contributed by atoms with E-state index in [0.29, 0.717) is 0 Å². The molecule has 5 nitrogen and oxygen atoms in total. The molecule has 0 fully saturated rings. The minimum Gasteiger partial charge on any atom is -0.481 e. The summed E-state index contributed by atoms with van der Waals surface area (Å²) in [6.07, 6.45) is -0.180. The highest BCUT2D eigenvalue weighted by Crippen LogP contribution is 2.23. The molecule has 0 spiro atoms. The number of hydrogen-bond donors (Lipinski definition) is 2. The molecule has 0 aliphatic carbocycles. The minimum atomic E-state index is -0.970. The van der Waals surface area contributed by atoms with Crippen molar-refractivity contribution in [2.75, 3.05) is 19.5 Å². The second kappa shape index (κ2) is 8.19. The van der Waals surface area contributed by atoms with Gasteiger partial charge in [0.05, 0.1) is 24.3 Å². The third-order valence-electron chi connectivity index (χ3n) is 3.15. The van der Waals surface area contributed by atoms with Gasteiger partial charge in [-0.3, -0.25) is 9.59 Å². The van der Waals surface area contributed by atoms with Crippen LogP contribution in [0.1, 0.15) is 24.5 Å². The van der Waals surface area contributed by atoms with Crippen LogP contribution in [0.15, 0.2) is 23.1 Å². The highest BCUT2D eigenvalue weighted by Gasteiger charge is 2.29. The number of thioether (sulfide) groups is 1. The Morgan fingerprint density at radius 2 is 2.05 bits per heavy atom. The molecular weight excluding hydrogens is 302 g/mol. The summed E-state index contributed by atoms with van der Waals surface area (Å²) in [6, 6.07) is 6.09. The van der Waals surface area contributed by atoms with Gasteiger partial charge in [0.25, 0.3) is 0 Å². The van der Waals surface area contributed by atoms with Crippen LogP contribution in [0, 0.1) is 13.8 Å². The van der Waals surface area contributed by atoms with Crippen molar-refractivity contribution in [3.8, 4) is 0 Å². The molecule has 0 radical (unpaired) electrons. The molecule has 1 aromatic rings. The second-order valence-corrected chi connectivity index (χ2v) is 6.69. The largest absolute Gasteiger partial charge is 0.481 e. The Labute approximate surface area is 135 Å². The summed E-state index contributed by atoms with van der Waals surface area (Å²) in [7, 11) is 1.48. The Morgan fingerprint density at radius 3 is 2.64 bits per heavy atom. The zero-order valence-corrected chi connectivity index (χ0v) is 14.3. The standard InChI is InChI=1S/C16H23NO4S/c1-11-5-6-12(2)13(7-11)22-9-14(18)17-16(3,10-21-4)8-15(19)20/h5-7H,8-10H2,1-4H3,(H,17,18)(H,19,20). The third-order valence-corrected chi connectivity index (χ3v) is 4.31. The molecule has 0 aliphatic heterocycles. The molecule has 0 bridgehead atoms. The van der Waals surface area contributed by atoms with Gasteiger partial charge in [0, 0.05) is 12.0 Å². The Hall–Kier alpha value is -1.53. The average molecular weight is 325 g/mol. The van der Waals surface area contributed by atoms with E-state index in [2.05, 4.69) is 5.32 Å². The van der Waals surface area contributed by atoms with Crippen LogP contribution >= 0.6 is 11.8 Å². The van der Waals surface area contributed by atoms with E-state index in [1.165, 1.54) is 18.9 Å². The van der Waals surface area contributed by atoms with E-state index in [-0.39, 0.29) is 24.7 Å². The molecular formula is C16H23NO4S. The maximum Gasteiger partial charge on any atom is 0.305 e. The summed E-state index contributed by atoms with van der Waals surface area (Å²) in [5, 5.41) is 11.7. The first-order valence-corrected chi connectivity index (χ1v) is 7.96. The van der Waals surface area contributed by atoms with Crippen LogP contribution in [0.3, 0.4) is 0 Å². The molecule has 2 N–H and O–H groups in total. The van der Waals surface area contributed by atoms with Gasteiger partial charge in [0.15, 0.2) is 0 Å². The van der Waals surface area contributed by atoms with Gasteiger partial charge in [-0.1, -0.05) is 17.7 Å². The summed E-state index contributed by atoms with van der Waals surface area (Å²) in [6.45, 7) is 5.83. The van der Waals surface area contributed by atoms with Gasteiger partial charge in [-0.2, -0.15) is 0 Å². The van der Waals surface area contributed by atoms with Crippen LogP contribution in [0.5, 0.6) is 0 Å². The van der Waals surface area contributed by atoms with Gasteiger partial charge in [-0.25, -0.2) is 0 Å². The zero-order chi connectivity index (χ0) is 16.8. The Balaban J connectivity index is 2.64. The number of amides is 1. The lowest BCUT2D eigenvalue weighted by atomic mass is 9.99. The normalized spacial score (nSPS) is 13.5. The number of carbonyl (C=O) groups is 2. The number of methoxy groups -OCH3 is 1. The summed E-state index contributed by atoms with van der Waals surface area (Å²) < 4.78 is 5.02. The summed E-state index contributed by atoms with van der Waals surface area (Å²) >= 11 is 1.45. The van der Waals surface area contributed by atoms with Crippen molar-refractivity contribution in [1.29, 1.82) is 0 Å². The number of aryl methyl sites for hydroxylation is 2. The molecule has 0 saturated carbocycles. The molecule has 0 aliphatic rings. The van der Waals surface area contributed by atoms with E-state index in [1.807, 2.05) is 32.0 Å². The molecule has 1 aromatic carbocycles. The van der Waals surface area contributed by atoms with Crippen molar-refractivity contribution < 1.29 is 19.4 Å². The predicted octanol–water partition coefficient (Wildman–Crippen LogP) is 2.39. The molecule has 1 atom stereocenters. The lowest BCUT2D eigenvalue weighted by Crippen LogP contribution is -2.51. The van der Waals surface area contributed by atoms with Gasteiger partial charge in [-0.15, -0.1) is 11.8 Å². The number of carbonyl (C=O) groups excluding carboxylic acids is 1. The van der Waals surface area contributed by atoms with Crippen molar-refractivity contribution in [2.45, 2.75) is 37.6 Å². The number of rotatable bonds is 8. The fourth-order valence-corrected chi connectivity index (χ4v) is 3.09. The minimum absolute atomic E-state index is 0.152. The second-order valence-electron chi connectivity index (χ2n) is 5.67. The van der Waals surface area contributed by atoms with E-state index in [0.717, 1.165) is 16.0 Å². The molecule has 1 amide bonds. The van der Waals surface area contributed by atoms with Gasteiger partial charge in [0.2, 0.25) is 5.91 Å². The summed E-state index contributed by atoms with van der Waals surface area (Å²) in [5.74, 6) is -0.933. The van der Waals surface area contributed by atoms with E-state index in [1.54, 1.807) is 6.92 Å². The fourth-order valence-electron chi connectivity index (χ4n) is 2.16. The van der Waals surface area contributed by atoms with Gasteiger partial charge < -0.3 is 15.2 Å². The highest BCUT2D eigenvalue weighted by atomic mass is 32.2. The van der Waals surface area contributed by atoms with E-state index in [9.17, 15) is 9.59 Å². The lowest BCUT2D eigenvalue weighted by Gasteiger charge is -2.28. The smallest absolute Gasteiger partial charge is 0.305 e. The molecule has 122 valence electrons. The van der Waals surface area contributed by atoms with Crippen molar-refractivity contribution in [2.24, 2.45) is 0 Å². The van der Waals surface area contributed by atoms with Crippen molar-refractivity contribution >= 4 is 23.6 Å². The first kappa shape index (κ1) is 18.5. The summed E-state index contributed by atoms with van der Waals surface area (Å²) in [5.41, 5.74) is 1.36. The first-order valence-electron chi connectivity index (χ1n) is 6.97. The summed E-state index contributed by atoms with van der Waals surface area (Å²) in [4.78, 5) is 24.1. The third kappa shape index (κ3) is 6.07. The van der Waals surface area contributed by atoms with Gasteiger partial charge >= 0.3 is 5.97 Å². The molecule has 0 aromatic heterocycles. The van der Waals surface area contributed by atoms with E-state index in [4.69, 9.17) is 9.84 Å². The predicted molar refractivity (Wildman–Crippen MR) is 87.3 cm³/mol. The number of carboxylic acids is 1. The molecule has 1 rings (SSSR count). The number of benzene rings is 1. The number of ether oxygens (including phenoxy) is 1. The monoisotopic (exact) mass is 325 g/mol. The van der Waals surface area contributed by atoms with Crippen LogP contribution in [-0.4, -0.2) is 42.0 Å². The topological polar surface area (TPSA) is 75.6 Å².